The molecule has 3 fully saturated rings. The fourth-order valence-corrected chi connectivity index (χ4v) is 13.3. The van der Waals surface area contributed by atoms with Crippen LogP contribution in [-0.4, -0.2) is 106 Å². The first-order valence-electron chi connectivity index (χ1n) is 31.5. The quantitative estimate of drug-likeness (QED) is 0.0342. The number of aromatic nitrogens is 8. The van der Waals surface area contributed by atoms with Crippen molar-refractivity contribution in [1.82, 2.24) is 49.7 Å². The number of likely N-dealkylation sites (tertiary alicyclic amines) is 1. The lowest BCUT2D eigenvalue weighted by Gasteiger charge is -2.22. The predicted molar refractivity (Wildman–Crippen MR) is 337 cm³/mol. The van der Waals surface area contributed by atoms with Gasteiger partial charge < -0.3 is 34.9 Å². The van der Waals surface area contributed by atoms with E-state index < -0.39 is 72.6 Å². The van der Waals surface area contributed by atoms with Gasteiger partial charge in [0, 0.05) is 81.0 Å². The van der Waals surface area contributed by atoms with Crippen LogP contribution in [0.15, 0.2) is 97.6 Å². The van der Waals surface area contributed by atoms with E-state index in [1.54, 1.807) is 35.9 Å². The number of nitrogens with one attached hydrogen (secondary N) is 3. The highest BCUT2D eigenvalue weighted by Crippen LogP contribution is 2.53. The van der Waals surface area contributed by atoms with Crippen LogP contribution in [0.25, 0.3) is 45.0 Å². The standard InChI is InChI=1S/C68H60F9N17O4/c1-90-36-84-88-61(90)46-9-7-45(98-68(75,76)77)27-49(46)43-23-57(81-16-3-2-14-78)86-59(26-43)93-32-52-50(63(93)96)19-39(21-54(52)66(69,70)71)29-82-56(41-5-6-41)34-92-37-85-89-62(92)47-8-4-38(28-80)18-48(47)42-24-58(83-30-44(95)10-15-79)87-60(25-42)94-33-53-51(64(94)97)20-40(22-55(53)67(72,73)74)31-91-17-13-65(35-91)11-12-65/h4,7-9,18-27,36-37,41,44,56,82,95H,2-3,5-6,10-13,16-17,29-35H2,1H3,(H,81,86)(H,83,87)/t44-,56?/m1/s1. The molecule has 1 unspecified atom stereocenters. The smallest absolute Gasteiger partial charge is 0.406 e. The molecule has 2 saturated carbocycles. The molecular formula is C68H60F9N17O4. The molecular weight excluding hydrogens is 1290 g/mol. The zero-order valence-corrected chi connectivity index (χ0v) is 52.3. The van der Waals surface area contributed by atoms with Crippen LogP contribution in [0.3, 0.4) is 0 Å². The number of amides is 2. The number of alkyl halides is 9. The molecule has 4 N–H and O–H groups in total. The van der Waals surface area contributed by atoms with Gasteiger partial charge in [0.2, 0.25) is 0 Å². The SMILES string of the molecule is Cn1cnnc1-c1ccc(OC(F)(F)F)cc1-c1cc(NCCCC#N)nc(N2Cc3c(cc(CNC(Cn4cnnc4-c4ccc(C#N)cc4-c4cc(NC[C@H](O)CC#N)nc(N5Cc6c(cc(CN7CCC8(CC8)C7)cc6C(F)(F)F)C5=O)c4)C4CC4)cc3C(F)(F)F)C2=O)c1. The first kappa shape index (κ1) is 66.1. The van der Waals surface area contributed by atoms with Crippen LogP contribution in [0.4, 0.5) is 62.8 Å². The number of carbonyl (C=O) groups excluding carboxylic acids is 2. The van der Waals surface area contributed by atoms with E-state index in [0.29, 0.717) is 28.7 Å². The summed E-state index contributed by atoms with van der Waals surface area (Å²) < 4.78 is 140. The molecule has 4 aromatic heterocycles. The van der Waals surface area contributed by atoms with Crippen molar-refractivity contribution in [2.24, 2.45) is 18.4 Å². The normalized spacial score (nSPS) is 16.4. The van der Waals surface area contributed by atoms with Crippen LogP contribution in [0, 0.1) is 45.3 Å². The average molecular weight is 1350 g/mol. The molecule has 8 aromatic rings. The molecule has 3 aliphatic heterocycles. The minimum absolute atomic E-state index is 0.00850. The van der Waals surface area contributed by atoms with Gasteiger partial charge in [-0.2, -0.15) is 42.1 Å². The van der Waals surface area contributed by atoms with Crippen molar-refractivity contribution in [2.45, 2.75) is 115 Å². The summed E-state index contributed by atoms with van der Waals surface area (Å²) in [6.07, 6.45) is -8.38. The Hall–Kier alpha value is -10.5. The molecule has 4 aromatic carbocycles. The summed E-state index contributed by atoms with van der Waals surface area (Å²) >= 11 is 0. The van der Waals surface area contributed by atoms with Gasteiger partial charge in [-0.05, 0) is 186 Å². The molecule has 5 aliphatic rings. The third kappa shape index (κ3) is 14.1. The molecule has 13 rings (SSSR count). The zero-order chi connectivity index (χ0) is 69.0. The van der Waals surface area contributed by atoms with Gasteiger partial charge in [0.25, 0.3) is 11.8 Å². The number of aryl methyl sites for hydroxylation is 1. The number of anilines is 4. The summed E-state index contributed by atoms with van der Waals surface area (Å²) in [6.45, 7) is 0.609. The lowest BCUT2D eigenvalue weighted by molar-refractivity contribution is -0.274. The molecule has 30 heteroatoms. The molecule has 0 radical (unpaired) electrons. The Morgan fingerprint density at radius 1 is 0.694 bits per heavy atom. The number of nitriles is 3. The molecule has 0 bridgehead atoms. The molecule has 1 spiro atoms. The number of halogens is 9. The van der Waals surface area contributed by atoms with Crippen LogP contribution in [0.5, 0.6) is 5.75 Å². The number of hydrogen-bond donors (Lipinski definition) is 4. The number of pyridine rings is 2. The van der Waals surface area contributed by atoms with E-state index in [2.05, 4.69) is 62.0 Å². The third-order valence-electron chi connectivity index (χ3n) is 18.4. The van der Waals surface area contributed by atoms with Crippen LogP contribution in [0.2, 0.25) is 0 Å². The lowest BCUT2D eigenvalue weighted by Crippen LogP contribution is -2.35. The van der Waals surface area contributed by atoms with Crippen LogP contribution < -0.4 is 30.5 Å². The van der Waals surface area contributed by atoms with Crippen molar-refractivity contribution in [3.05, 3.63) is 148 Å². The Morgan fingerprint density at radius 2 is 1.31 bits per heavy atom. The number of hydrogen-bond acceptors (Lipinski definition) is 17. The summed E-state index contributed by atoms with van der Waals surface area (Å²) in [5.74, 6) is -1.73. The number of unbranched alkanes of at least 4 members (excludes halogenated alkanes) is 1. The van der Waals surface area contributed by atoms with E-state index >= 15 is 26.3 Å². The van der Waals surface area contributed by atoms with Crippen LogP contribution >= 0.6 is 0 Å². The molecule has 98 heavy (non-hydrogen) atoms. The Labute approximate surface area is 554 Å². The highest BCUT2D eigenvalue weighted by Gasteiger charge is 2.48. The monoisotopic (exact) mass is 1350 g/mol. The average Bonchev–Trinajstić information content (AvgIpc) is 1.69. The summed E-state index contributed by atoms with van der Waals surface area (Å²) in [6, 6.07) is 24.8. The van der Waals surface area contributed by atoms with Crippen molar-refractivity contribution in [3.63, 3.8) is 0 Å². The van der Waals surface area contributed by atoms with E-state index in [-0.39, 0.29) is 142 Å². The van der Waals surface area contributed by atoms with Gasteiger partial charge in [0.05, 0.1) is 60.5 Å². The summed E-state index contributed by atoms with van der Waals surface area (Å²) in [5.41, 5.74) is -0.489. The van der Waals surface area contributed by atoms with E-state index in [1.165, 1.54) is 53.6 Å². The molecule has 504 valence electrons. The molecule has 2 amide bonds. The van der Waals surface area contributed by atoms with Crippen molar-refractivity contribution < 1.29 is 58.9 Å². The van der Waals surface area contributed by atoms with Gasteiger partial charge in [-0.1, -0.05) is 0 Å². The van der Waals surface area contributed by atoms with Crippen molar-refractivity contribution in [3.8, 4) is 69.0 Å². The van der Waals surface area contributed by atoms with E-state index in [1.807, 2.05) is 12.1 Å². The first-order valence-corrected chi connectivity index (χ1v) is 31.5. The Morgan fingerprint density at radius 3 is 1.90 bits per heavy atom. The van der Waals surface area contributed by atoms with Gasteiger partial charge in [0.15, 0.2) is 11.6 Å². The van der Waals surface area contributed by atoms with E-state index in [0.717, 1.165) is 79.3 Å². The Kier molecular flexibility index (Phi) is 17.7. The largest absolute Gasteiger partial charge is 0.573 e. The van der Waals surface area contributed by atoms with Gasteiger partial charge in [-0.25, -0.2) is 9.97 Å². The van der Waals surface area contributed by atoms with Crippen molar-refractivity contribution in [2.75, 3.05) is 46.6 Å². The molecule has 2 atom stereocenters. The number of fused-ring (bicyclic) bond motifs is 2. The van der Waals surface area contributed by atoms with Gasteiger partial charge in [-0.15, -0.1) is 33.6 Å². The highest BCUT2D eigenvalue weighted by molar-refractivity contribution is 6.11. The number of carbonyl (C=O) groups is 2. The predicted octanol–water partition coefficient (Wildman–Crippen LogP) is 11.9. The minimum atomic E-state index is -5.08. The molecule has 21 nitrogen and oxygen atoms in total. The van der Waals surface area contributed by atoms with Crippen LogP contribution in [-0.2, 0) is 52.1 Å². The zero-order valence-electron chi connectivity index (χ0n) is 52.3. The summed E-state index contributed by atoms with van der Waals surface area (Å²) in [4.78, 5) is 42.9. The van der Waals surface area contributed by atoms with E-state index in [4.69, 9.17) is 0 Å². The van der Waals surface area contributed by atoms with Gasteiger partial charge in [0.1, 0.15) is 41.7 Å². The lowest BCUT2D eigenvalue weighted by atomic mass is 9.97. The number of nitrogens with zero attached hydrogens (tertiary/aromatic N) is 14. The van der Waals surface area contributed by atoms with Crippen molar-refractivity contribution in [1.29, 1.82) is 15.8 Å². The fourth-order valence-electron chi connectivity index (χ4n) is 13.3. The number of benzene rings is 4. The minimum Gasteiger partial charge on any atom is -0.406 e. The number of ether oxygens (including phenoxy) is 1. The topological polar surface area (TPSA) is 268 Å². The van der Waals surface area contributed by atoms with E-state index in [9.17, 15) is 43.7 Å². The molecule has 7 heterocycles. The number of aliphatic hydroxyl groups excluding tert-OH is 1. The third-order valence-corrected chi connectivity index (χ3v) is 18.4. The summed E-state index contributed by atoms with van der Waals surface area (Å²) in [7, 11) is 1.61. The maximum absolute atomic E-state index is 15.4. The van der Waals surface area contributed by atoms with Gasteiger partial charge >= 0.3 is 18.7 Å². The number of aliphatic hydroxyl groups is 1. The van der Waals surface area contributed by atoms with Gasteiger partial charge in [-0.3, -0.25) is 24.3 Å². The second-order valence-corrected chi connectivity index (χ2v) is 25.4. The molecule has 1 saturated heterocycles. The second-order valence-electron chi connectivity index (χ2n) is 25.4. The first-order chi connectivity index (χ1) is 46.8. The fraction of sp³-hybridized carbons (Fsp3) is 0.368. The van der Waals surface area contributed by atoms with Crippen LogP contribution in [0.1, 0.15) is 111 Å². The number of rotatable bonds is 23. The molecule has 2 aliphatic carbocycles. The maximum atomic E-state index is 15.4. The second kappa shape index (κ2) is 26.2. The maximum Gasteiger partial charge on any atom is 0.573 e. The summed E-state index contributed by atoms with van der Waals surface area (Å²) in [5, 5.41) is 65.8. The Bertz CT molecular complexity index is 4580. The highest BCUT2D eigenvalue weighted by atomic mass is 19.4. The van der Waals surface area contributed by atoms with Crippen molar-refractivity contribution >= 4 is 35.1 Å². The Balaban J connectivity index is 0.796.